The Labute approximate surface area is 163 Å². The summed E-state index contributed by atoms with van der Waals surface area (Å²) < 4.78 is 11.5. The number of hydrogen-bond donors (Lipinski definition) is 1. The Morgan fingerprint density at radius 3 is 2.39 bits per heavy atom. The normalized spacial score (nSPS) is 12.3. The Bertz CT molecular complexity index is 895. The number of aromatic nitrogens is 1. The van der Waals surface area contributed by atoms with Gasteiger partial charge in [-0.1, -0.05) is 30.3 Å². The van der Waals surface area contributed by atoms with Gasteiger partial charge in [-0.2, -0.15) is 0 Å². The van der Waals surface area contributed by atoms with Gasteiger partial charge in [0.15, 0.2) is 0 Å². The highest BCUT2D eigenvalue weighted by Gasteiger charge is 2.29. The molecule has 7 heteroatoms. The first-order valence-electron chi connectivity index (χ1n) is 9.01. The highest BCUT2D eigenvalue weighted by Crippen LogP contribution is 2.22. The maximum atomic E-state index is 12.8. The standard InChI is InChI=1S/C21H25NO6/c1-5-27-19(25)15-13-22(18(24)12-17(15)23)16(20(26)28-21(2,3)4)11-14-9-7-6-8-10-14/h6-10,12-13,16,23H,5,11H2,1-4H3. The number of esters is 2. The molecule has 1 aromatic heterocycles. The van der Waals surface area contributed by atoms with E-state index in [1.165, 1.54) is 0 Å². The quantitative estimate of drug-likeness (QED) is 0.766. The van der Waals surface area contributed by atoms with Crippen LogP contribution in [0.2, 0.25) is 0 Å². The zero-order chi connectivity index (χ0) is 20.9. The van der Waals surface area contributed by atoms with Crippen molar-refractivity contribution in [2.24, 2.45) is 0 Å². The van der Waals surface area contributed by atoms with Gasteiger partial charge < -0.3 is 14.6 Å². The summed E-state index contributed by atoms with van der Waals surface area (Å²) in [5.74, 6) is -1.89. The van der Waals surface area contributed by atoms with Gasteiger partial charge in [-0.25, -0.2) is 9.59 Å². The van der Waals surface area contributed by atoms with Crippen LogP contribution < -0.4 is 5.56 Å². The summed E-state index contributed by atoms with van der Waals surface area (Å²) in [6.07, 6.45) is 1.33. The third kappa shape index (κ3) is 5.45. The first-order valence-corrected chi connectivity index (χ1v) is 9.01. The summed E-state index contributed by atoms with van der Waals surface area (Å²) in [4.78, 5) is 37.5. The monoisotopic (exact) mass is 387 g/mol. The van der Waals surface area contributed by atoms with Crippen LogP contribution in [0.5, 0.6) is 5.75 Å². The average Bonchev–Trinajstić information content (AvgIpc) is 2.60. The maximum absolute atomic E-state index is 12.8. The minimum Gasteiger partial charge on any atom is -0.507 e. The van der Waals surface area contributed by atoms with Crippen LogP contribution in [0.25, 0.3) is 0 Å². The molecule has 7 nitrogen and oxygen atoms in total. The van der Waals surface area contributed by atoms with Crippen molar-refractivity contribution in [2.45, 2.75) is 45.8 Å². The van der Waals surface area contributed by atoms with Gasteiger partial charge in [0.2, 0.25) is 0 Å². The Kier molecular flexibility index (Phi) is 6.62. The van der Waals surface area contributed by atoms with E-state index >= 15 is 0 Å². The van der Waals surface area contributed by atoms with Crippen LogP contribution in [0.4, 0.5) is 0 Å². The van der Waals surface area contributed by atoms with E-state index in [-0.39, 0.29) is 18.6 Å². The molecule has 0 fully saturated rings. The van der Waals surface area contributed by atoms with Crippen LogP contribution in [0, 0.1) is 0 Å². The molecule has 28 heavy (non-hydrogen) atoms. The smallest absolute Gasteiger partial charge is 0.343 e. The molecule has 0 saturated carbocycles. The minimum absolute atomic E-state index is 0.108. The van der Waals surface area contributed by atoms with Gasteiger partial charge in [-0.3, -0.25) is 9.36 Å². The van der Waals surface area contributed by atoms with Crippen LogP contribution >= 0.6 is 0 Å². The fourth-order valence-corrected chi connectivity index (χ4v) is 2.65. The number of ether oxygens (including phenoxy) is 2. The van der Waals surface area contributed by atoms with E-state index in [4.69, 9.17) is 9.47 Å². The van der Waals surface area contributed by atoms with E-state index < -0.39 is 34.9 Å². The highest BCUT2D eigenvalue weighted by molar-refractivity contribution is 5.92. The molecule has 0 radical (unpaired) electrons. The van der Waals surface area contributed by atoms with E-state index in [1.807, 2.05) is 30.3 Å². The summed E-state index contributed by atoms with van der Waals surface area (Å²) in [6, 6.07) is 9.04. The molecule has 1 N–H and O–H groups in total. The van der Waals surface area contributed by atoms with Crippen LogP contribution in [-0.4, -0.2) is 33.8 Å². The van der Waals surface area contributed by atoms with Crippen molar-refractivity contribution in [3.8, 4) is 5.75 Å². The number of pyridine rings is 1. The lowest BCUT2D eigenvalue weighted by atomic mass is 10.0. The number of aromatic hydroxyl groups is 1. The second-order valence-corrected chi connectivity index (χ2v) is 7.28. The molecule has 0 saturated heterocycles. The number of carbonyl (C=O) groups is 2. The molecule has 2 aromatic rings. The van der Waals surface area contributed by atoms with Crippen molar-refractivity contribution >= 4 is 11.9 Å². The number of hydrogen-bond acceptors (Lipinski definition) is 6. The summed E-state index contributed by atoms with van der Waals surface area (Å²) in [5.41, 5.74) is -0.757. The Morgan fingerprint density at radius 1 is 1.18 bits per heavy atom. The van der Waals surface area contributed by atoms with Crippen molar-refractivity contribution in [3.63, 3.8) is 0 Å². The van der Waals surface area contributed by atoms with E-state index in [9.17, 15) is 19.5 Å². The van der Waals surface area contributed by atoms with Crippen LogP contribution in [0.15, 0.2) is 47.4 Å². The molecular formula is C21H25NO6. The average molecular weight is 387 g/mol. The predicted molar refractivity (Wildman–Crippen MR) is 103 cm³/mol. The zero-order valence-electron chi connectivity index (χ0n) is 16.5. The summed E-state index contributed by atoms with van der Waals surface area (Å²) >= 11 is 0. The second kappa shape index (κ2) is 8.73. The van der Waals surface area contributed by atoms with Crippen molar-refractivity contribution in [1.82, 2.24) is 4.57 Å². The van der Waals surface area contributed by atoms with Crippen molar-refractivity contribution in [2.75, 3.05) is 6.61 Å². The van der Waals surface area contributed by atoms with Crippen LogP contribution in [0.1, 0.15) is 49.7 Å². The van der Waals surface area contributed by atoms with E-state index in [2.05, 4.69) is 0 Å². The highest BCUT2D eigenvalue weighted by atomic mass is 16.6. The first kappa shape index (κ1) is 21.2. The number of rotatable bonds is 6. The lowest BCUT2D eigenvalue weighted by Gasteiger charge is -2.25. The van der Waals surface area contributed by atoms with Crippen molar-refractivity contribution < 1.29 is 24.2 Å². The summed E-state index contributed by atoms with van der Waals surface area (Å²) in [6.45, 7) is 6.93. The SMILES string of the molecule is CCOC(=O)c1cn(C(Cc2ccccc2)C(=O)OC(C)(C)C)c(=O)cc1O. The molecule has 150 valence electrons. The number of benzene rings is 1. The summed E-state index contributed by atoms with van der Waals surface area (Å²) in [7, 11) is 0. The molecule has 0 bridgehead atoms. The molecule has 1 unspecified atom stereocenters. The minimum atomic E-state index is -1.01. The van der Waals surface area contributed by atoms with Crippen LogP contribution in [-0.2, 0) is 20.7 Å². The number of carbonyl (C=O) groups excluding carboxylic acids is 2. The second-order valence-electron chi connectivity index (χ2n) is 7.28. The Balaban J connectivity index is 2.52. The largest absolute Gasteiger partial charge is 0.507 e. The maximum Gasteiger partial charge on any atom is 0.343 e. The third-order valence-corrected chi connectivity index (χ3v) is 3.84. The van der Waals surface area contributed by atoms with Gasteiger partial charge in [0.1, 0.15) is 23.0 Å². The van der Waals surface area contributed by atoms with Gasteiger partial charge >= 0.3 is 11.9 Å². The zero-order valence-corrected chi connectivity index (χ0v) is 16.5. The van der Waals surface area contributed by atoms with Crippen LogP contribution in [0.3, 0.4) is 0 Å². The van der Waals surface area contributed by atoms with Gasteiger partial charge in [0.05, 0.1) is 6.61 Å². The van der Waals surface area contributed by atoms with E-state index in [0.29, 0.717) is 0 Å². The fourth-order valence-electron chi connectivity index (χ4n) is 2.65. The van der Waals surface area contributed by atoms with E-state index in [0.717, 1.165) is 22.4 Å². The molecular weight excluding hydrogens is 362 g/mol. The Morgan fingerprint density at radius 2 is 1.82 bits per heavy atom. The van der Waals surface area contributed by atoms with E-state index in [1.54, 1.807) is 27.7 Å². The van der Waals surface area contributed by atoms with Gasteiger partial charge in [-0.05, 0) is 33.3 Å². The molecule has 1 aromatic carbocycles. The fraction of sp³-hybridized carbons (Fsp3) is 0.381. The molecule has 1 atom stereocenters. The lowest BCUT2D eigenvalue weighted by Crippen LogP contribution is -2.36. The summed E-state index contributed by atoms with van der Waals surface area (Å²) in [5, 5.41) is 9.98. The third-order valence-electron chi connectivity index (χ3n) is 3.84. The number of nitrogens with zero attached hydrogens (tertiary/aromatic N) is 1. The molecule has 0 aliphatic rings. The predicted octanol–water partition coefficient (Wildman–Crippen LogP) is 2.86. The van der Waals surface area contributed by atoms with Gasteiger partial charge in [0, 0.05) is 18.7 Å². The molecule has 0 amide bonds. The topological polar surface area (TPSA) is 94.8 Å². The molecule has 2 rings (SSSR count). The first-order chi connectivity index (χ1) is 13.1. The van der Waals surface area contributed by atoms with Crippen molar-refractivity contribution in [3.05, 3.63) is 64.1 Å². The molecule has 0 aliphatic carbocycles. The van der Waals surface area contributed by atoms with Gasteiger partial charge in [-0.15, -0.1) is 0 Å². The molecule has 0 spiro atoms. The van der Waals surface area contributed by atoms with Crippen molar-refractivity contribution in [1.29, 1.82) is 0 Å². The Hall–Kier alpha value is -3.09. The lowest BCUT2D eigenvalue weighted by molar-refractivity contribution is -0.159. The molecule has 1 heterocycles. The molecule has 0 aliphatic heterocycles. The van der Waals surface area contributed by atoms with Gasteiger partial charge in [0.25, 0.3) is 5.56 Å².